The maximum absolute atomic E-state index is 13.2. The predicted molar refractivity (Wildman–Crippen MR) is 106 cm³/mol. The van der Waals surface area contributed by atoms with Crippen LogP contribution >= 0.6 is 23.2 Å². The maximum Gasteiger partial charge on any atom is 0.259 e. The van der Waals surface area contributed by atoms with Crippen molar-refractivity contribution in [3.05, 3.63) is 75.7 Å². The monoisotopic (exact) mass is 415 g/mol. The molecule has 0 saturated heterocycles. The molecule has 2 heterocycles. The summed E-state index contributed by atoms with van der Waals surface area (Å²) in [6.07, 6.45) is 0. The van der Waals surface area contributed by atoms with Crippen molar-refractivity contribution in [1.29, 1.82) is 0 Å². The normalized spacial score (nSPS) is 11.0. The summed E-state index contributed by atoms with van der Waals surface area (Å²) in [6, 6.07) is 12.3. The second-order valence-corrected chi connectivity index (χ2v) is 6.85. The smallest absolute Gasteiger partial charge is 0.259 e. The van der Waals surface area contributed by atoms with Crippen LogP contribution < -0.4 is 5.32 Å². The lowest BCUT2D eigenvalue weighted by molar-refractivity contribution is 0.102. The number of hydrogen-bond donors (Lipinski definition) is 1. The summed E-state index contributed by atoms with van der Waals surface area (Å²) < 4.78 is 18.5. The molecular formula is C20H12Cl2FN3O2. The van der Waals surface area contributed by atoms with E-state index in [2.05, 4.69) is 15.5 Å². The minimum Gasteiger partial charge on any atom is -0.335 e. The van der Waals surface area contributed by atoms with Crippen LogP contribution in [0.1, 0.15) is 16.1 Å². The van der Waals surface area contributed by atoms with Gasteiger partial charge >= 0.3 is 0 Å². The van der Waals surface area contributed by atoms with Gasteiger partial charge in [0.1, 0.15) is 5.82 Å². The number of rotatable bonds is 3. The molecule has 140 valence electrons. The molecule has 0 saturated carbocycles. The fourth-order valence-corrected chi connectivity index (χ4v) is 3.18. The van der Waals surface area contributed by atoms with Crippen molar-refractivity contribution in [2.75, 3.05) is 5.32 Å². The van der Waals surface area contributed by atoms with Crippen LogP contribution in [0.3, 0.4) is 0 Å². The van der Waals surface area contributed by atoms with Crippen molar-refractivity contribution in [3.63, 3.8) is 0 Å². The lowest BCUT2D eigenvalue weighted by Gasteiger charge is -2.10. The lowest BCUT2D eigenvalue weighted by Crippen LogP contribution is -2.13. The summed E-state index contributed by atoms with van der Waals surface area (Å²) in [4.78, 5) is 17.4. The van der Waals surface area contributed by atoms with E-state index < -0.39 is 5.91 Å². The van der Waals surface area contributed by atoms with E-state index in [0.717, 1.165) is 0 Å². The first-order valence-electron chi connectivity index (χ1n) is 8.22. The van der Waals surface area contributed by atoms with Crippen molar-refractivity contribution in [3.8, 4) is 11.3 Å². The summed E-state index contributed by atoms with van der Waals surface area (Å²) >= 11 is 12.2. The largest absolute Gasteiger partial charge is 0.335 e. The SMILES string of the molecule is Cc1noc2nc(-c3ccc(F)cc3)cc(C(=O)Nc3cccc(Cl)c3Cl)c12. The number of nitrogens with zero attached hydrogens (tertiary/aromatic N) is 2. The van der Waals surface area contributed by atoms with E-state index in [-0.39, 0.29) is 16.6 Å². The highest BCUT2D eigenvalue weighted by molar-refractivity contribution is 6.44. The molecule has 2 aromatic carbocycles. The Bertz CT molecular complexity index is 1210. The van der Waals surface area contributed by atoms with Crippen LogP contribution in [0.4, 0.5) is 10.1 Å². The molecule has 0 aliphatic heterocycles. The molecule has 0 atom stereocenters. The summed E-state index contributed by atoms with van der Waals surface area (Å²) in [5.41, 5.74) is 2.50. The second-order valence-electron chi connectivity index (χ2n) is 6.07. The fraction of sp³-hybridized carbons (Fsp3) is 0.0500. The second kappa shape index (κ2) is 7.22. The number of pyridine rings is 1. The Kier molecular flexibility index (Phi) is 4.75. The first-order chi connectivity index (χ1) is 13.4. The van der Waals surface area contributed by atoms with Crippen LogP contribution in [0, 0.1) is 12.7 Å². The first kappa shape index (κ1) is 18.4. The molecule has 5 nitrogen and oxygen atoms in total. The Morgan fingerprint density at radius 3 is 2.64 bits per heavy atom. The fourth-order valence-electron chi connectivity index (χ4n) is 2.83. The summed E-state index contributed by atoms with van der Waals surface area (Å²) in [5.74, 6) is -0.792. The third-order valence-corrected chi connectivity index (χ3v) is 5.02. The molecule has 0 radical (unpaired) electrons. The van der Waals surface area contributed by atoms with Gasteiger partial charge in [0.15, 0.2) is 0 Å². The Balaban J connectivity index is 1.82. The zero-order valence-corrected chi connectivity index (χ0v) is 16.0. The molecule has 8 heteroatoms. The molecule has 0 fully saturated rings. The van der Waals surface area contributed by atoms with Crippen molar-refractivity contribution in [1.82, 2.24) is 10.1 Å². The molecular weight excluding hydrogens is 404 g/mol. The zero-order chi connectivity index (χ0) is 19.8. The number of aromatic nitrogens is 2. The molecule has 28 heavy (non-hydrogen) atoms. The molecule has 4 rings (SSSR count). The number of hydrogen-bond acceptors (Lipinski definition) is 4. The van der Waals surface area contributed by atoms with E-state index in [1.807, 2.05) is 0 Å². The van der Waals surface area contributed by atoms with Gasteiger partial charge in [0.2, 0.25) is 0 Å². The van der Waals surface area contributed by atoms with Crippen molar-refractivity contribution >= 4 is 45.9 Å². The third-order valence-electron chi connectivity index (χ3n) is 4.20. The Morgan fingerprint density at radius 1 is 1.14 bits per heavy atom. The Morgan fingerprint density at radius 2 is 1.89 bits per heavy atom. The van der Waals surface area contributed by atoms with Gasteiger partial charge in [-0.1, -0.05) is 34.4 Å². The van der Waals surface area contributed by atoms with Crippen LogP contribution in [0.5, 0.6) is 0 Å². The van der Waals surface area contributed by atoms with Crippen LogP contribution in [0.15, 0.2) is 53.1 Å². The predicted octanol–water partition coefficient (Wildman–Crippen LogP) is 5.90. The summed E-state index contributed by atoms with van der Waals surface area (Å²) in [7, 11) is 0. The number of anilines is 1. The lowest BCUT2D eigenvalue weighted by atomic mass is 10.0. The molecule has 2 aromatic heterocycles. The minimum absolute atomic E-state index is 0.210. The molecule has 1 amide bonds. The average molecular weight is 416 g/mol. The zero-order valence-electron chi connectivity index (χ0n) is 14.5. The molecule has 0 aliphatic rings. The van der Waals surface area contributed by atoms with E-state index >= 15 is 0 Å². The molecule has 4 aromatic rings. The molecule has 0 bridgehead atoms. The highest BCUT2D eigenvalue weighted by Gasteiger charge is 2.20. The van der Waals surface area contributed by atoms with Crippen molar-refractivity contribution in [2.45, 2.75) is 6.92 Å². The van der Waals surface area contributed by atoms with Gasteiger partial charge in [-0.3, -0.25) is 4.79 Å². The van der Waals surface area contributed by atoms with E-state index in [4.69, 9.17) is 27.7 Å². The van der Waals surface area contributed by atoms with E-state index in [9.17, 15) is 9.18 Å². The molecule has 0 aliphatic carbocycles. The van der Waals surface area contributed by atoms with Crippen molar-refractivity contribution in [2.24, 2.45) is 0 Å². The number of carbonyl (C=O) groups is 1. The summed E-state index contributed by atoms with van der Waals surface area (Å²) in [6.45, 7) is 1.72. The van der Waals surface area contributed by atoms with Gasteiger partial charge in [-0.25, -0.2) is 9.37 Å². The summed E-state index contributed by atoms with van der Waals surface area (Å²) in [5, 5.41) is 7.71. The van der Waals surface area contributed by atoms with Gasteiger partial charge in [-0.2, -0.15) is 0 Å². The number of halogens is 3. The van der Waals surface area contributed by atoms with E-state index in [1.54, 1.807) is 43.3 Å². The van der Waals surface area contributed by atoms with Crippen molar-refractivity contribution < 1.29 is 13.7 Å². The van der Waals surface area contributed by atoms with Crippen LogP contribution in [0.2, 0.25) is 10.0 Å². The minimum atomic E-state index is -0.425. The van der Waals surface area contributed by atoms with Gasteiger partial charge in [0, 0.05) is 5.56 Å². The number of nitrogens with one attached hydrogen (secondary N) is 1. The van der Waals surface area contributed by atoms with Crippen LogP contribution in [-0.4, -0.2) is 16.0 Å². The number of benzene rings is 2. The highest BCUT2D eigenvalue weighted by Crippen LogP contribution is 2.32. The number of amides is 1. The van der Waals surface area contributed by atoms with E-state index in [1.165, 1.54) is 12.1 Å². The molecule has 0 unspecified atom stereocenters. The average Bonchev–Trinajstić information content (AvgIpc) is 3.06. The van der Waals surface area contributed by atoms with Gasteiger partial charge in [-0.05, 0) is 49.4 Å². The molecule has 0 spiro atoms. The topological polar surface area (TPSA) is 68.0 Å². The Hall–Kier alpha value is -2.96. The van der Waals surface area contributed by atoms with Gasteiger partial charge < -0.3 is 9.84 Å². The third kappa shape index (κ3) is 3.32. The van der Waals surface area contributed by atoms with Crippen LogP contribution in [-0.2, 0) is 0 Å². The number of fused-ring (bicyclic) bond motifs is 1. The standard InChI is InChI=1S/C20H12Cl2FN3O2/c1-10-17-13(19(27)24-15-4-2-3-14(21)18(15)22)9-16(25-20(17)28-26-10)11-5-7-12(23)8-6-11/h2-9H,1H3,(H,24,27). The first-order valence-corrected chi connectivity index (χ1v) is 8.98. The van der Waals surface area contributed by atoms with Gasteiger partial charge in [0.05, 0.1) is 38.1 Å². The maximum atomic E-state index is 13.2. The molecule has 1 N–H and O–H groups in total. The number of aryl methyl sites for hydroxylation is 1. The Labute approximate surface area is 169 Å². The number of carbonyl (C=O) groups excluding carboxylic acids is 1. The van der Waals surface area contributed by atoms with Gasteiger partial charge in [-0.15, -0.1) is 0 Å². The highest BCUT2D eigenvalue weighted by atomic mass is 35.5. The van der Waals surface area contributed by atoms with Gasteiger partial charge in [0.25, 0.3) is 11.6 Å². The van der Waals surface area contributed by atoms with Crippen LogP contribution in [0.25, 0.3) is 22.4 Å². The van der Waals surface area contributed by atoms with E-state index in [0.29, 0.717) is 38.6 Å². The quantitative estimate of drug-likeness (QED) is 0.452.